The minimum atomic E-state index is -0.282. The van der Waals surface area contributed by atoms with E-state index in [9.17, 15) is 4.39 Å². The highest BCUT2D eigenvalue weighted by molar-refractivity contribution is 6.30. The molecule has 0 aliphatic heterocycles. The molecule has 1 saturated carbocycles. The zero-order valence-electron chi connectivity index (χ0n) is 10.0. The average molecular weight is 256 g/mol. The van der Waals surface area contributed by atoms with E-state index < -0.39 is 0 Å². The monoisotopic (exact) mass is 255 g/mol. The van der Waals surface area contributed by atoms with E-state index in [4.69, 9.17) is 11.6 Å². The summed E-state index contributed by atoms with van der Waals surface area (Å²) in [6, 6.07) is 5.72. The molecular weight excluding hydrogens is 237 g/mol. The second-order valence-electron chi connectivity index (χ2n) is 4.78. The maximum Gasteiger partial charge on any atom is 0.146 e. The van der Waals surface area contributed by atoms with Gasteiger partial charge in [0.25, 0.3) is 0 Å². The first kappa shape index (κ1) is 12.8. The molecule has 0 radical (unpaired) electrons. The summed E-state index contributed by atoms with van der Waals surface area (Å²) < 4.78 is 13.7. The van der Waals surface area contributed by atoms with E-state index in [1.165, 1.54) is 38.5 Å². The predicted molar refractivity (Wildman–Crippen MR) is 69.7 cm³/mol. The summed E-state index contributed by atoms with van der Waals surface area (Å²) in [4.78, 5) is 0. The molecule has 0 amide bonds. The smallest absolute Gasteiger partial charge is 0.146 e. The minimum Gasteiger partial charge on any atom is -0.310 e. The maximum atomic E-state index is 13.7. The number of benzene rings is 1. The predicted octanol–water partition coefficient (Wildman–Crippen LogP) is 4.29. The number of halogens is 2. The topological polar surface area (TPSA) is 12.0 Å². The highest BCUT2D eigenvalue weighted by Gasteiger charge is 2.13. The third kappa shape index (κ3) is 3.68. The third-order valence-corrected chi connectivity index (χ3v) is 3.76. The second-order valence-corrected chi connectivity index (χ2v) is 5.19. The van der Waals surface area contributed by atoms with Gasteiger partial charge in [-0.2, -0.15) is 0 Å². The SMILES string of the molecule is Fc1c(Cl)cccc1CNC1CCCCCC1. The van der Waals surface area contributed by atoms with Crippen molar-refractivity contribution >= 4 is 11.6 Å². The van der Waals surface area contributed by atoms with Crippen LogP contribution in [0.2, 0.25) is 5.02 Å². The van der Waals surface area contributed by atoms with Gasteiger partial charge in [-0.25, -0.2) is 4.39 Å². The van der Waals surface area contributed by atoms with Crippen LogP contribution in [0.25, 0.3) is 0 Å². The zero-order valence-corrected chi connectivity index (χ0v) is 10.8. The third-order valence-electron chi connectivity index (χ3n) is 3.47. The van der Waals surface area contributed by atoms with Crippen molar-refractivity contribution in [1.82, 2.24) is 5.32 Å². The van der Waals surface area contributed by atoms with Crippen LogP contribution in [0.15, 0.2) is 18.2 Å². The van der Waals surface area contributed by atoms with E-state index in [0.29, 0.717) is 18.2 Å². The first-order valence-corrected chi connectivity index (χ1v) is 6.81. The Morgan fingerprint density at radius 1 is 1.18 bits per heavy atom. The number of nitrogens with one attached hydrogen (secondary N) is 1. The first-order valence-electron chi connectivity index (χ1n) is 6.43. The van der Waals surface area contributed by atoms with Gasteiger partial charge in [-0.05, 0) is 18.9 Å². The lowest BCUT2D eigenvalue weighted by Gasteiger charge is -2.16. The molecule has 1 N–H and O–H groups in total. The Kier molecular flexibility index (Phi) is 4.81. The fourth-order valence-corrected chi connectivity index (χ4v) is 2.62. The van der Waals surface area contributed by atoms with Crippen LogP contribution in [-0.4, -0.2) is 6.04 Å². The molecule has 1 nitrogen and oxygen atoms in total. The molecule has 3 heteroatoms. The molecule has 0 atom stereocenters. The van der Waals surface area contributed by atoms with Gasteiger partial charge in [-0.15, -0.1) is 0 Å². The van der Waals surface area contributed by atoms with E-state index >= 15 is 0 Å². The first-order chi connectivity index (χ1) is 8.27. The van der Waals surface area contributed by atoms with Crippen molar-refractivity contribution in [2.75, 3.05) is 0 Å². The van der Waals surface area contributed by atoms with Crippen LogP contribution in [0, 0.1) is 5.82 Å². The average Bonchev–Trinajstić information content (AvgIpc) is 2.59. The lowest BCUT2D eigenvalue weighted by molar-refractivity contribution is 0.452. The number of hydrogen-bond donors (Lipinski definition) is 1. The van der Waals surface area contributed by atoms with E-state index in [-0.39, 0.29) is 10.8 Å². The van der Waals surface area contributed by atoms with Crippen molar-refractivity contribution in [1.29, 1.82) is 0 Å². The summed E-state index contributed by atoms with van der Waals surface area (Å²) >= 11 is 5.76. The summed E-state index contributed by atoms with van der Waals surface area (Å²) in [5, 5.41) is 3.66. The lowest BCUT2D eigenvalue weighted by Crippen LogP contribution is -2.28. The lowest BCUT2D eigenvalue weighted by atomic mass is 10.1. The van der Waals surface area contributed by atoms with Gasteiger partial charge >= 0.3 is 0 Å². The van der Waals surface area contributed by atoms with Crippen LogP contribution in [0.4, 0.5) is 4.39 Å². The number of hydrogen-bond acceptors (Lipinski definition) is 1. The van der Waals surface area contributed by atoms with E-state index in [2.05, 4.69) is 5.32 Å². The van der Waals surface area contributed by atoms with Gasteiger partial charge in [0.15, 0.2) is 0 Å². The summed E-state index contributed by atoms with van der Waals surface area (Å²) in [5.74, 6) is -0.282. The minimum absolute atomic E-state index is 0.213. The van der Waals surface area contributed by atoms with Crippen molar-refractivity contribution < 1.29 is 4.39 Å². The van der Waals surface area contributed by atoms with Gasteiger partial charge in [0, 0.05) is 18.2 Å². The molecule has 1 aromatic rings. The fraction of sp³-hybridized carbons (Fsp3) is 0.571. The molecule has 1 aliphatic carbocycles. The molecular formula is C14H19ClFN. The van der Waals surface area contributed by atoms with Crippen LogP contribution in [0.5, 0.6) is 0 Å². The Morgan fingerprint density at radius 2 is 1.88 bits per heavy atom. The van der Waals surface area contributed by atoms with Crippen LogP contribution < -0.4 is 5.32 Å². The standard InChI is InChI=1S/C14H19ClFN/c15-13-9-5-6-11(14(13)16)10-17-12-7-3-1-2-4-8-12/h5-6,9,12,17H,1-4,7-8,10H2. The van der Waals surface area contributed by atoms with Crippen LogP contribution in [0.1, 0.15) is 44.1 Å². The molecule has 0 saturated heterocycles. The normalized spacial score (nSPS) is 18.0. The molecule has 0 bridgehead atoms. The Labute approximate surface area is 107 Å². The van der Waals surface area contributed by atoms with E-state index in [0.717, 1.165) is 0 Å². The van der Waals surface area contributed by atoms with Gasteiger partial charge in [0.2, 0.25) is 0 Å². The van der Waals surface area contributed by atoms with Crippen molar-refractivity contribution in [2.45, 2.75) is 51.1 Å². The highest BCUT2D eigenvalue weighted by atomic mass is 35.5. The molecule has 94 valence electrons. The van der Waals surface area contributed by atoms with Gasteiger partial charge in [0.05, 0.1) is 5.02 Å². The van der Waals surface area contributed by atoms with Gasteiger partial charge < -0.3 is 5.32 Å². The molecule has 0 spiro atoms. The highest BCUT2D eigenvalue weighted by Crippen LogP contribution is 2.20. The Balaban J connectivity index is 1.90. The molecule has 0 unspecified atom stereocenters. The summed E-state index contributed by atoms with van der Waals surface area (Å²) in [5.41, 5.74) is 0.668. The summed E-state index contributed by atoms with van der Waals surface area (Å²) in [7, 11) is 0. The van der Waals surface area contributed by atoms with Crippen molar-refractivity contribution in [2.24, 2.45) is 0 Å². The molecule has 1 fully saturated rings. The fourth-order valence-electron chi connectivity index (χ4n) is 2.42. The van der Waals surface area contributed by atoms with Crippen LogP contribution in [-0.2, 0) is 6.54 Å². The molecule has 0 heterocycles. The largest absolute Gasteiger partial charge is 0.310 e. The van der Waals surface area contributed by atoms with Crippen LogP contribution in [0.3, 0.4) is 0 Å². The molecule has 0 aromatic heterocycles. The van der Waals surface area contributed by atoms with Crippen molar-refractivity contribution in [3.05, 3.63) is 34.6 Å². The van der Waals surface area contributed by atoms with Gasteiger partial charge in [-0.3, -0.25) is 0 Å². The van der Waals surface area contributed by atoms with Gasteiger partial charge in [-0.1, -0.05) is 49.4 Å². The number of rotatable bonds is 3. The second kappa shape index (κ2) is 6.36. The molecule has 2 rings (SSSR count). The molecule has 17 heavy (non-hydrogen) atoms. The van der Waals surface area contributed by atoms with E-state index in [1.54, 1.807) is 18.2 Å². The Morgan fingerprint density at radius 3 is 2.59 bits per heavy atom. The van der Waals surface area contributed by atoms with Crippen molar-refractivity contribution in [3.8, 4) is 0 Å². The molecule has 1 aromatic carbocycles. The van der Waals surface area contributed by atoms with E-state index in [1.807, 2.05) is 0 Å². The van der Waals surface area contributed by atoms with Gasteiger partial charge in [0.1, 0.15) is 5.82 Å². The summed E-state index contributed by atoms with van der Waals surface area (Å²) in [6.45, 7) is 0.580. The Bertz CT molecular complexity index is 359. The summed E-state index contributed by atoms with van der Waals surface area (Å²) in [6.07, 6.45) is 7.67. The zero-order chi connectivity index (χ0) is 12.1. The molecule has 1 aliphatic rings. The van der Waals surface area contributed by atoms with Crippen LogP contribution >= 0.6 is 11.6 Å². The van der Waals surface area contributed by atoms with Crippen molar-refractivity contribution in [3.63, 3.8) is 0 Å². The maximum absolute atomic E-state index is 13.7. The quantitative estimate of drug-likeness (QED) is 0.795. The Hall–Kier alpha value is -0.600.